The molecule has 1 heterocycles. The van der Waals surface area contributed by atoms with Crippen molar-refractivity contribution in [1.82, 2.24) is 4.90 Å². The SMILES string of the molecule is CC(=O)c1cccc(CN2CCC[C@@](CO)(CCCc3ccccc3)C2)c1. The number of benzene rings is 2. The Balaban J connectivity index is 1.59. The number of aryl methyl sites for hydroxylation is 1. The maximum Gasteiger partial charge on any atom is 0.159 e. The summed E-state index contributed by atoms with van der Waals surface area (Å²) >= 11 is 0. The number of likely N-dealkylation sites (tertiary alicyclic amines) is 1. The molecule has 1 aliphatic heterocycles. The minimum absolute atomic E-state index is 0.00518. The zero-order valence-electron chi connectivity index (χ0n) is 16.4. The first kappa shape index (κ1) is 19.8. The molecule has 1 aliphatic rings. The average molecular weight is 366 g/mol. The van der Waals surface area contributed by atoms with Crippen molar-refractivity contribution in [2.75, 3.05) is 19.7 Å². The monoisotopic (exact) mass is 365 g/mol. The molecule has 144 valence electrons. The van der Waals surface area contributed by atoms with Crippen molar-refractivity contribution < 1.29 is 9.90 Å². The van der Waals surface area contributed by atoms with Crippen molar-refractivity contribution in [1.29, 1.82) is 0 Å². The maximum atomic E-state index is 11.6. The van der Waals surface area contributed by atoms with E-state index in [-0.39, 0.29) is 17.8 Å². The van der Waals surface area contributed by atoms with Gasteiger partial charge in [-0.25, -0.2) is 0 Å². The second-order valence-electron chi connectivity index (χ2n) is 8.07. The molecule has 3 nitrogen and oxygen atoms in total. The van der Waals surface area contributed by atoms with Gasteiger partial charge in [-0.3, -0.25) is 9.69 Å². The second-order valence-corrected chi connectivity index (χ2v) is 8.07. The van der Waals surface area contributed by atoms with Gasteiger partial charge < -0.3 is 5.11 Å². The van der Waals surface area contributed by atoms with Gasteiger partial charge in [0.25, 0.3) is 0 Å². The van der Waals surface area contributed by atoms with Crippen molar-refractivity contribution in [3.8, 4) is 0 Å². The number of hydrogen-bond acceptors (Lipinski definition) is 3. The molecule has 2 aromatic carbocycles. The standard InChI is InChI=1S/C24H31NO2/c1-20(27)23-12-5-10-22(16-23)17-25-15-7-14-24(18-25,19-26)13-6-11-21-8-3-2-4-9-21/h2-5,8-10,12,16,26H,6-7,11,13-15,17-19H2,1H3/t24-/m0/s1. The van der Waals surface area contributed by atoms with Crippen LogP contribution in [-0.4, -0.2) is 35.5 Å². The van der Waals surface area contributed by atoms with Crippen LogP contribution in [-0.2, 0) is 13.0 Å². The number of rotatable bonds is 8. The summed E-state index contributed by atoms with van der Waals surface area (Å²) < 4.78 is 0. The summed E-state index contributed by atoms with van der Waals surface area (Å²) in [7, 11) is 0. The fourth-order valence-corrected chi connectivity index (χ4v) is 4.32. The zero-order valence-corrected chi connectivity index (χ0v) is 16.4. The van der Waals surface area contributed by atoms with Gasteiger partial charge >= 0.3 is 0 Å². The highest BCUT2D eigenvalue weighted by Gasteiger charge is 2.34. The highest BCUT2D eigenvalue weighted by atomic mass is 16.3. The summed E-state index contributed by atoms with van der Waals surface area (Å²) in [6.45, 7) is 4.71. The Bertz CT molecular complexity index is 743. The van der Waals surface area contributed by atoms with Crippen molar-refractivity contribution in [2.24, 2.45) is 5.41 Å². The van der Waals surface area contributed by atoms with Crippen LogP contribution in [0.5, 0.6) is 0 Å². The summed E-state index contributed by atoms with van der Waals surface area (Å²) in [5.41, 5.74) is 3.34. The lowest BCUT2D eigenvalue weighted by molar-refractivity contribution is 0.0208. The minimum Gasteiger partial charge on any atom is -0.396 e. The first-order valence-corrected chi connectivity index (χ1v) is 10.1. The van der Waals surface area contributed by atoms with Crippen molar-refractivity contribution in [3.63, 3.8) is 0 Å². The molecule has 0 radical (unpaired) electrons. The Hall–Kier alpha value is -1.97. The van der Waals surface area contributed by atoms with Crippen LogP contribution in [0.2, 0.25) is 0 Å². The smallest absolute Gasteiger partial charge is 0.159 e. The summed E-state index contributed by atoms with van der Waals surface area (Å²) in [4.78, 5) is 14.1. The van der Waals surface area contributed by atoms with E-state index >= 15 is 0 Å². The molecule has 3 heteroatoms. The third kappa shape index (κ3) is 5.50. The fraction of sp³-hybridized carbons (Fsp3) is 0.458. The molecule has 0 aromatic heterocycles. The van der Waals surface area contributed by atoms with E-state index in [4.69, 9.17) is 0 Å². The first-order chi connectivity index (χ1) is 13.1. The lowest BCUT2D eigenvalue weighted by Gasteiger charge is -2.42. The summed E-state index contributed by atoms with van der Waals surface area (Å²) in [5, 5.41) is 10.2. The quantitative estimate of drug-likeness (QED) is 0.701. The van der Waals surface area contributed by atoms with E-state index in [0.29, 0.717) is 0 Å². The number of Topliss-reactive ketones (excluding diaryl/α,β-unsaturated/α-hetero) is 1. The Morgan fingerprint density at radius 1 is 1.11 bits per heavy atom. The molecule has 0 unspecified atom stereocenters. The molecule has 0 bridgehead atoms. The van der Waals surface area contributed by atoms with Crippen LogP contribution in [0.15, 0.2) is 54.6 Å². The molecule has 0 saturated carbocycles. The number of aliphatic hydroxyl groups excluding tert-OH is 1. The van der Waals surface area contributed by atoms with Gasteiger partial charge in [0.05, 0.1) is 0 Å². The maximum absolute atomic E-state index is 11.6. The third-order valence-electron chi connectivity index (χ3n) is 5.83. The molecule has 1 atom stereocenters. The summed E-state index contributed by atoms with van der Waals surface area (Å²) in [6, 6.07) is 18.5. The predicted molar refractivity (Wildman–Crippen MR) is 110 cm³/mol. The van der Waals surface area contributed by atoms with Crippen molar-refractivity contribution in [3.05, 3.63) is 71.3 Å². The second kappa shape index (κ2) is 9.29. The molecule has 0 amide bonds. The van der Waals surface area contributed by atoms with Gasteiger partial charge in [-0.2, -0.15) is 0 Å². The van der Waals surface area contributed by atoms with Gasteiger partial charge in [0.15, 0.2) is 5.78 Å². The van der Waals surface area contributed by atoms with E-state index in [1.54, 1.807) is 6.92 Å². The number of carbonyl (C=O) groups is 1. The molecule has 2 aromatic rings. The van der Waals surface area contributed by atoms with Crippen LogP contribution in [0.25, 0.3) is 0 Å². The zero-order chi connectivity index (χ0) is 19.1. The van der Waals surface area contributed by atoms with E-state index < -0.39 is 0 Å². The Morgan fingerprint density at radius 2 is 1.89 bits per heavy atom. The summed E-state index contributed by atoms with van der Waals surface area (Å²) in [6.07, 6.45) is 5.46. The van der Waals surface area contributed by atoms with Crippen LogP contribution in [0.4, 0.5) is 0 Å². The largest absolute Gasteiger partial charge is 0.396 e. The minimum atomic E-state index is 0.00518. The van der Waals surface area contributed by atoms with Gasteiger partial charge in [-0.1, -0.05) is 48.5 Å². The topological polar surface area (TPSA) is 40.5 Å². The predicted octanol–water partition coefficient (Wildman–Crippen LogP) is 4.49. The molecule has 3 rings (SSSR count). The van der Waals surface area contributed by atoms with Gasteiger partial charge in [0.2, 0.25) is 0 Å². The number of nitrogens with zero attached hydrogens (tertiary/aromatic N) is 1. The normalized spacial score (nSPS) is 20.5. The molecule has 1 N–H and O–H groups in total. The fourth-order valence-electron chi connectivity index (χ4n) is 4.32. The Kier molecular flexibility index (Phi) is 6.81. The number of aliphatic hydroxyl groups is 1. The van der Waals surface area contributed by atoms with Gasteiger partial charge in [0.1, 0.15) is 0 Å². The Labute approximate surface area is 163 Å². The first-order valence-electron chi connectivity index (χ1n) is 10.1. The van der Waals surface area contributed by atoms with Crippen LogP contribution in [0.1, 0.15) is 54.1 Å². The number of ketones is 1. The highest BCUT2D eigenvalue weighted by Crippen LogP contribution is 2.35. The molecular weight excluding hydrogens is 334 g/mol. The molecule has 0 spiro atoms. The van der Waals surface area contributed by atoms with Crippen LogP contribution in [0.3, 0.4) is 0 Å². The van der Waals surface area contributed by atoms with Gasteiger partial charge in [-0.05, 0) is 62.8 Å². The summed E-state index contributed by atoms with van der Waals surface area (Å²) in [5.74, 6) is 0.112. The highest BCUT2D eigenvalue weighted by molar-refractivity contribution is 5.94. The van der Waals surface area contributed by atoms with E-state index in [1.165, 1.54) is 11.1 Å². The molecule has 0 aliphatic carbocycles. The third-order valence-corrected chi connectivity index (χ3v) is 5.83. The van der Waals surface area contributed by atoms with E-state index in [2.05, 4.69) is 41.3 Å². The van der Waals surface area contributed by atoms with Crippen molar-refractivity contribution >= 4 is 5.78 Å². The lowest BCUT2D eigenvalue weighted by Crippen LogP contribution is -2.45. The molecular formula is C24H31NO2. The number of hydrogen-bond donors (Lipinski definition) is 1. The van der Waals surface area contributed by atoms with E-state index in [9.17, 15) is 9.90 Å². The van der Waals surface area contributed by atoms with Crippen molar-refractivity contribution in [2.45, 2.75) is 45.6 Å². The van der Waals surface area contributed by atoms with Gasteiger partial charge in [-0.15, -0.1) is 0 Å². The average Bonchev–Trinajstić information content (AvgIpc) is 2.69. The molecule has 1 saturated heterocycles. The number of carbonyl (C=O) groups excluding carboxylic acids is 1. The molecule has 27 heavy (non-hydrogen) atoms. The van der Waals surface area contributed by atoms with E-state index in [1.807, 2.05) is 18.2 Å². The van der Waals surface area contributed by atoms with E-state index in [0.717, 1.165) is 57.3 Å². The van der Waals surface area contributed by atoms with Gasteiger partial charge in [0, 0.05) is 30.7 Å². The van der Waals surface area contributed by atoms with Crippen LogP contribution < -0.4 is 0 Å². The Morgan fingerprint density at radius 3 is 2.63 bits per heavy atom. The molecule has 1 fully saturated rings. The van der Waals surface area contributed by atoms with Crippen LogP contribution in [0, 0.1) is 5.41 Å². The number of piperidine rings is 1. The lowest BCUT2D eigenvalue weighted by atomic mass is 9.76. The van der Waals surface area contributed by atoms with Crippen LogP contribution >= 0.6 is 0 Å².